The molecule has 0 bridgehead atoms. The van der Waals surface area contributed by atoms with Gasteiger partial charge in [0.25, 0.3) is 5.97 Å². The summed E-state index contributed by atoms with van der Waals surface area (Å²) in [5.74, 6) is -0.833. The molecule has 0 amide bonds. The fraction of sp³-hybridized carbons (Fsp3) is 0.500. The smallest absolute Gasteiger partial charge is 0.300 e. The fourth-order valence-corrected chi connectivity index (χ4v) is 0. The van der Waals surface area contributed by atoms with Crippen LogP contribution in [0.25, 0.3) is 0 Å². The molecule has 0 fully saturated rings. The zero-order chi connectivity index (χ0) is 3.58. The molecule has 9 N–H and O–H groups in total. The molecule has 0 radical (unpaired) electrons. The summed E-state index contributed by atoms with van der Waals surface area (Å²) < 4.78 is 0. The number of aliphatic carboxylic acids is 1. The molecule has 76 valence electrons. The Kier molecular flexibility index (Phi) is 482. The van der Waals surface area contributed by atoms with Gasteiger partial charge in [-0.3, -0.25) is 4.79 Å². The minimum atomic E-state index is -0.833. The minimum Gasteiger partial charge on any atom is -0.481 e. The summed E-state index contributed by atoms with van der Waals surface area (Å²) in [5, 5.41) is 7.42. The second-order valence-electron chi connectivity index (χ2n) is 0.519. The van der Waals surface area contributed by atoms with Crippen LogP contribution in [0.4, 0.5) is 0 Å². The van der Waals surface area contributed by atoms with Gasteiger partial charge in [-0.05, 0) is 0 Å². The van der Waals surface area contributed by atoms with Gasteiger partial charge in [0.05, 0.1) is 0 Å². The molecule has 0 spiro atoms. The average molecular weight is 249 g/mol. The van der Waals surface area contributed by atoms with Crippen molar-refractivity contribution in [2.24, 2.45) is 0 Å². The third kappa shape index (κ3) is 5010. The molecule has 10 heavy (non-hydrogen) atoms. The summed E-state index contributed by atoms with van der Waals surface area (Å²) in [6.45, 7) is 1.08. The molecule has 0 aliphatic rings. The first-order valence-corrected chi connectivity index (χ1v) is 0.928. The number of carboxylic acid groups (broad SMARTS) is 1. The van der Waals surface area contributed by atoms with Crippen LogP contribution < -0.4 is 0 Å². The van der Waals surface area contributed by atoms with Crippen LogP contribution in [0, 0.1) is 0 Å². The molecule has 0 atom stereocenters. The standard InChI is InChI=1S/C2H4O2.2Ni.4H2O/c1-2(3)4;;;;;;/h1H3,(H,3,4);;;4*1H2. The Morgan fingerprint density at radius 2 is 1.00 bits per heavy atom. The third-order valence-electron chi connectivity index (χ3n) is 0. The maximum atomic E-state index is 9.00. The molecule has 6 nitrogen and oxygen atoms in total. The van der Waals surface area contributed by atoms with Crippen molar-refractivity contribution in [3.05, 3.63) is 0 Å². The van der Waals surface area contributed by atoms with Crippen LogP contribution in [0.2, 0.25) is 0 Å². The monoisotopic (exact) mass is 248 g/mol. The Labute approximate surface area is 78.1 Å². The van der Waals surface area contributed by atoms with E-state index in [0.717, 1.165) is 6.92 Å². The largest absolute Gasteiger partial charge is 0.481 e. The quantitative estimate of drug-likeness (QED) is 0.447. The van der Waals surface area contributed by atoms with Crippen LogP contribution in [0.15, 0.2) is 0 Å². The number of carboxylic acids is 1. The maximum Gasteiger partial charge on any atom is 0.300 e. The number of rotatable bonds is 0. The van der Waals surface area contributed by atoms with Gasteiger partial charge in [-0.25, -0.2) is 0 Å². The summed E-state index contributed by atoms with van der Waals surface area (Å²) >= 11 is 0. The maximum absolute atomic E-state index is 9.00. The second-order valence-corrected chi connectivity index (χ2v) is 0.519. The van der Waals surface area contributed by atoms with Crippen molar-refractivity contribution >= 4 is 5.97 Å². The van der Waals surface area contributed by atoms with Crippen LogP contribution in [-0.4, -0.2) is 33.0 Å². The van der Waals surface area contributed by atoms with Crippen molar-refractivity contribution in [3.63, 3.8) is 0 Å². The van der Waals surface area contributed by atoms with Gasteiger partial charge in [0.2, 0.25) is 0 Å². The second kappa shape index (κ2) is 58.9. The first kappa shape index (κ1) is 81.9. The minimum absolute atomic E-state index is 0. The van der Waals surface area contributed by atoms with Crippen molar-refractivity contribution < 1.29 is 64.8 Å². The predicted octanol–water partition coefficient (Wildman–Crippen LogP) is -3.21. The van der Waals surface area contributed by atoms with Crippen molar-refractivity contribution in [1.29, 1.82) is 0 Å². The molecule has 0 saturated carbocycles. The van der Waals surface area contributed by atoms with Crippen molar-refractivity contribution in [3.8, 4) is 0 Å². The molecule has 0 aliphatic heterocycles. The zero-order valence-corrected chi connectivity index (χ0v) is 6.96. The van der Waals surface area contributed by atoms with Crippen molar-refractivity contribution in [2.75, 3.05) is 0 Å². The van der Waals surface area contributed by atoms with E-state index in [4.69, 9.17) is 9.90 Å². The third-order valence-corrected chi connectivity index (χ3v) is 0. The van der Waals surface area contributed by atoms with E-state index in [0.29, 0.717) is 0 Å². The number of hydrogen-bond donors (Lipinski definition) is 1. The summed E-state index contributed by atoms with van der Waals surface area (Å²) in [6.07, 6.45) is 0. The van der Waals surface area contributed by atoms with Crippen LogP contribution in [0.1, 0.15) is 6.92 Å². The molecule has 0 aromatic heterocycles. The number of hydrogen-bond acceptors (Lipinski definition) is 1. The molecular weight excluding hydrogens is 237 g/mol. The summed E-state index contributed by atoms with van der Waals surface area (Å²) in [4.78, 5) is 9.00. The van der Waals surface area contributed by atoms with Gasteiger partial charge >= 0.3 is 0 Å². The Bertz CT molecular complexity index is 36.7. The molecule has 0 heterocycles. The van der Waals surface area contributed by atoms with Crippen LogP contribution in [0.3, 0.4) is 0 Å². The zero-order valence-electron chi connectivity index (χ0n) is 4.99. The van der Waals surface area contributed by atoms with E-state index in [2.05, 4.69) is 0 Å². The van der Waals surface area contributed by atoms with Crippen molar-refractivity contribution in [1.82, 2.24) is 0 Å². The van der Waals surface area contributed by atoms with Gasteiger partial charge in [-0.2, -0.15) is 0 Å². The summed E-state index contributed by atoms with van der Waals surface area (Å²) in [7, 11) is 0. The van der Waals surface area contributed by atoms with Gasteiger partial charge in [0, 0.05) is 39.9 Å². The topological polar surface area (TPSA) is 163 Å². The molecule has 0 saturated heterocycles. The molecule has 0 aliphatic carbocycles. The van der Waals surface area contributed by atoms with E-state index in [-0.39, 0.29) is 54.9 Å². The van der Waals surface area contributed by atoms with E-state index in [1.54, 1.807) is 0 Å². The summed E-state index contributed by atoms with van der Waals surface area (Å²) in [6, 6.07) is 0. The van der Waals surface area contributed by atoms with E-state index in [1.807, 2.05) is 0 Å². The van der Waals surface area contributed by atoms with E-state index in [9.17, 15) is 0 Å². The summed E-state index contributed by atoms with van der Waals surface area (Å²) in [5.41, 5.74) is 0. The van der Waals surface area contributed by atoms with E-state index in [1.165, 1.54) is 0 Å². The van der Waals surface area contributed by atoms with Gasteiger partial charge in [0.1, 0.15) is 0 Å². The van der Waals surface area contributed by atoms with Gasteiger partial charge in [-0.15, -0.1) is 0 Å². The van der Waals surface area contributed by atoms with Gasteiger partial charge in [0.15, 0.2) is 0 Å². The molecule has 0 aromatic carbocycles. The Morgan fingerprint density at radius 1 is 1.00 bits per heavy atom. The van der Waals surface area contributed by atoms with Gasteiger partial charge in [-0.1, -0.05) is 0 Å². The normalized spacial score (nSPS) is 2.50. The average Bonchev–Trinajstić information content (AvgIpc) is 0.811. The molecule has 0 rings (SSSR count). The first-order chi connectivity index (χ1) is 1.73. The Hall–Kier alpha value is 0.297. The molecule has 8 heteroatoms. The van der Waals surface area contributed by atoms with Crippen LogP contribution >= 0.6 is 0 Å². The Morgan fingerprint density at radius 3 is 1.00 bits per heavy atom. The molecule has 0 unspecified atom stereocenters. The van der Waals surface area contributed by atoms with Crippen molar-refractivity contribution in [2.45, 2.75) is 6.92 Å². The van der Waals surface area contributed by atoms with Crippen LogP contribution in [0.5, 0.6) is 0 Å². The van der Waals surface area contributed by atoms with E-state index >= 15 is 0 Å². The predicted molar refractivity (Wildman–Crippen MR) is 27.8 cm³/mol. The number of carbonyl (C=O) groups is 1. The molecular formula is C2H12Ni2O6. The fourth-order valence-electron chi connectivity index (χ4n) is 0. The van der Waals surface area contributed by atoms with E-state index < -0.39 is 5.97 Å². The van der Waals surface area contributed by atoms with Gasteiger partial charge < -0.3 is 27.0 Å². The Balaban J connectivity index is -0.00000000300. The first-order valence-electron chi connectivity index (χ1n) is 0.928. The SMILES string of the molecule is CC(=O)O.O.O.O.O.[Ni].[Ni]. The van der Waals surface area contributed by atoms with Crippen LogP contribution in [-0.2, 0) is 37.8 Å². The molecule has 0 aromatic rings.